The Labute approximate surface area is 55.7 Å². The van der Waals surface area contributed by atoms with Crippen LogP contribution in [0.4, 0.5) is 17.6 Å². The Balaban J connectivity index is 3.52. The maximum Gasteiger partial charge on any atom is 0.419 e. The van der Waals surface area contributed by atoms with Crippen LogP contribution in [0.3, 0.4) is 0 Å². The molecule has 0 bridgehead atoms. The third kappa shape index (κ3) is 3.66. The molecular weight excluding hydrogens is 152 g/mol. The van der Waals surface area contributed by atoms with E-state index in [1.54, 1.807) is 0 Å². The number of halogens is 4. The lowest BCUT2D eigenvalue weighted by atomic mass is 10.2. The van der Waals surface area contributed by atoms with E-state index in [-0.39, 0.29) is 6.42 Å². The van der Waals surface area contributed by atoms with E-state index in [1.165, 1.54) is 0 Å². The zero-order valence-corrected chi connectivity index (χ0v) is 5.16. The van der Waals surface area contributed by atoms with Crippen LogP contribution in [0.15, 0.2) is 0 Å². The highest BCUT2D eigenvalue weighted by Crippen LogP contribution is 2.25. The second-order valence-corrected chi connectivity index (χ2v) is 1.87. The normalized spacial score (nSPS) is 15.3. The molecule has 0 saturated heterocycles. The number of alkyl halides is 4. The highest BCUT2D eigenvalue weighted by atomic mass is 19.4. The standard InChI is InChI=1S/C5H8F4O/c6-4(2-1-3-10)5(7,8)9/h4,10H,1-3H2. The SMILES string of the molecule is OCCCC(F)C(F)(F)F. The molecule has 0 aliphatic heterocycles. The smallest absolute Gasteiger partial charge is 0.396 e. The zero-order chi connectivity index (χ0) is 8.20. The maximum atomic E-state index is 11.9. The van der Waals surface area contributed by atoms with E-state index in [9.17, 15) is 17.6 Å². The fourth-order valence-electron chi connectivity index (χ4n) is 0.434. The largest absolute Gasteiger partial charge is 0.419 e. The molecule has 62 valence electrons. The zero-order valence-electron chi connectivity index (χ0n) is 5.16. The van der Waals surface area contributed by atoms with Crippen LogP contribution in [-0.2, 0) is 0 Å². The van der Waals surface area contributed by atoms with Gasteiger partial charge in [-0.05, 0) is 12.8 Å². The van der Waals surface area contributed by atoms with Crippen molar-refractivity contribution in [2.45, 2.75) is 25.2 Å². The molecule has 0 amide bonds. The van der Waals surface area contributed by atoms with E-state index in [2.05, 4.69) is 0 Å². The lowest BCUT2D eigenvalue weighted by molar-refractivity contribution is -0.182. The molecule has 0 aromatic rings. The van der Waals surface area contributed by atoms with E-state index < -0.39 is 25.4 Å². The molecule has 1 atom stereocenters. The summed E-state index contributed by atoms with van der Waals surface area (Å²) in [6.07, 6.45) is -8.37. The quantitative estimate of drug-likeness (QED) is 0.622. The third-order valence-corrected chi connectivity index (χ3v) is 0.971. The summed E-state index contributed by atoms with van der Waals surface area (Å²) in [5.74, 6) is 0. The van der Waals surface area contributed by atoms with Crippen molar-refractivity contribution < 1.29 is 22.7 Å². The van der Waals surface area contributed by atoms with Crippen molar-refractivity contribution in [1.82, 2.24) is 0 Å². The van der Waals surface area contributed by atoms with Crippen LogP contribution in [0, 0.1) is 0 Å². The number of aliphatic hydroxyl groups excluding tert-OH is 1. The number of hydrogen-bond donors (Lipinski definition) is 1. The highest BCUT2D eigenvalue weighted by Gasteiger charge is 2.39. The number of rotatable bonds is 3. The Hall–Kier alpha value is -0.320. The molecule has 0 rings (SSSR count). The van der Waals surface area contributed by atoms with Gasteiger partial charge in [0.15, 0.2) is 6.17 Å². The fraction of sp³-hybridized carbons (Fsp3) is 1.00. The summed E-state index contributed by atoms with van der Waals surface area (Å²) in [7, 11) is 0. The Kier molecular flexibility index (Phi) is 3.63. The Morgan fingerprint density at radius 1 is 1.30 bits per heavy atom. The molecule has 0 heterocycles. The molecule has 0 aromatic carbocycles. The van der Waals surface area contributed by atoms with E-state index in [4.69, 9.17) is 5.11 Å². The van der Waals surface area contributed by atoms with Crippen molar-refractivity contribution in [2.75, 3.05) is 6.61 Å². The summed E-state index contributed by atoms with van der Waals surface area (Å²) in [4.78, 5) is 0. The molecule has 0 aromatic heterocycles. The van der Waals surface area contributed by atoms with Crippen molar-refractivity contribution in [1.29, 1.82) is 0 Å². The van der Waals surface area contributed by atoms with Gasteiger partial charge in [0, 0.05) is 6.61 Å². The first-order valence-corrected chi connectivity index (χ1v) is 2.80. The molecule has 1 nitrogen and oxygen atoms in total. The summed E-state index contributed by atoms with van der Waals surface area (Å²) < 4.78 is 45.8. The molecule has 0 radical (unpaired) electrons. The summed E-state index contributed by atoms with van der Waals surface area (Å²) in [5, 5.41) is 8.05. The van der Waals surface area contributed by atoms with E-state index in [0.29, 0.717) is 0 Å². The number of hydrogen-bond acceptors (Lipinski definition) is 1. The second-order valence-electron chi connectivity index (χ2n) is 1.87. The predicted molar refractivity (Wildman–Crippen MR) is 27.3 cm³/mol. The van der Waals surface area contributed by atoms with Crippen molar-refractivity contribution in [3.63, 3.8) is 0 Å². The van der Waals surface area contributed by atoms with Gasteiger partial charge in [-0.15, -0.1) is 0 Å². The van der Waals surface area contributed by atoms with Gasteiger partial charge in [-0.3, -0.25) is 0 Å². The molecule has 5 heteroatoms. The number of aliphatic hydroxyl groups is 1. The van der Waals surface area contributed by atoms with Crippen LogP contribution in [0.2, 0.25) is 0 Å². The van der Waals surface area contributed by atoms with Gasteiger partial charge < -0.3 is 5.11 Å². The average Bonchev–Trinajstić information content (AvgIpc) is 1.80. The Morgan fingerprint density at radius 2 is 1.80 bits per heavy atom. The monoisotopic (exact) mass is 160 g/mol. The molecule has 1 unspecified atom stereocenters. The molecule has 1 N–H and O–H groups in total. The van der Waals surface area contributed by atoms with Crippen molar-refractivity contribution in [3.8, 4) is 0 Å². The average molecular weight is 160 g/mol. The maximum absolute atomic E-state index is 11.9. The first-order chi connectivity index (χ1) is 4.48. The molecule has 10 heavy (non-hydrogen) atoms. The third-order valence-electron chi connectivity index (χ3n) is 0.971. The van der Waals surface area contributed by atoms with Crippen molar-refractivity contribution >= 4 is 0 Å². The van der Waals surface area contributed by atoms with Gasteiger partial charge in [-0.25, -0.2) is 4.39 Å². The molecular formula is C5H8F4O. The van der Waals surface area contributed by atoms with Gasteiger partial charge in [0.2, 0.25) is 0 Å². The van der Waals surface area contributed by atoms with Crippen LogP contribution in [0.5, 0.6) is 0 Å². The van der Waals surface area contributed by atoms with Gasteiger partial charge in [0.1, 0.15) is 0 Å². The predicted octanol–water partition coefficient (Wildman–Crippen LogP) is 1.66. The van der Waals surface area contributed by atoms with Crippen molar-refractivity contribution in [3.05, 3.63) is 0 Å². The lowest BCUT2D eigenvalue weighted by Gasteiger charge is -2.10. The van der Waals surface area contributed by atoms with Gasteiger partial charge in [-0.1, -0.05) is 0 Å². The van der Waals surface area contributed by atoms with Crippen LogP contribution in [-0.4, -0.2) is 24.1 Å². The summed E-state index contributed by atoms with van der Waals surface area (Å²) in [6.45, 7) is -0.406. The summed E-state index contributed by atoms with van der Waals surface area (Å²) >= 11 is 0. The van der Waals surface area contributed by atoms with E-state index >= 15 is 0 Å². The van der Waals surface area contributed by atoms with Crippen LogP contribution >= 0.6 is 0 Å². The highest BCUT2D eigenvalue weighted by molar-refractivity contribution is 4.64. The molecule has 0 spiro atoms. The minimum Gasteiger partial charge on any atom is -0.396 e. The van der Waals surface area contributed by atoms with Gasteiger partial charge >= 0.3 is 6.18 Å². The lowest BCUT2D eigenvalue weighted by Crippen LogP contribution is -2.24. The molecule has 0 aliphatic rings. The van der Waals surface area contributed by atoms with Gasteiger partial charge in [0.05, 0.1) is 0 Å². The summed E-state index contributed by atoms with van der Waals surface area (Å²) in [5.41, 5.74) is 0. The Bertz CT molecular complexity index is 90.1. The van der Waals surface area contributed by atoms with Crippen LogP contribution < -0.4 is 0 Å². The first kappa shape index (κ1) is 9.68. The van der Waals surface area contributed by atoms with Gasteiger partial charge in [-0.2, -0.15) is 13.2 Å². The topological polar surface area (TPSA) is 20.2 Å². The second kappa shape index (κ2) is 3.75. The minimum atomic E-state index is -4.77. The molecule has 0 aliphatic carbocycles. The minimum absolute atomic E-state index is 0.152. The van der Waals surface area contributed by atoms with Gasteiger partial charge in [0.25, 0.3) is 0 Å². The Morgan fingerprint density at radius 3 is 2.10 bits per heavy atom. The fourth-order valence-corrected chi connectivity index (χ4v) is 0.434. The van der Waals surface area contributed by atoms with Crippen LogP contribution in [0.25, 0.3) is 0 Å². The molecule has 0 saturated carbocycles. The van der Waals surface area contributed by atoms with E-state index in [0.717, 1.165) is 0 Å². The first-order valence-electron chi connectivity index (χ1n) is 2.80. The summed E-state index contributed by atoms with van der Waals surface area (Å²) in [6, 6.07) is 0. The van der Waals surface area contributed by atoms with E-state index in [1.807, 2.05) is 0 Å². The van der Waals surface area contributed by atoms with Crippen molar-refractivity contribution in [2.24, 2.45) is 0 Å². The van der Waals surface area contributed by atoms with Crippen LogP contribution in [0.1, 0.15) is 12.8 Å². The molecule has 0 fully saturated rings.